The topological polar surface area (TPSA) is 17.1 Å². The first-order chi connectivity index (χ1) is 1.00. The van der Waals surface area contributed by atoms with Crippen LogP contribution in [0.2, 0.25) is 0 Å². The van der Waals surface area contributed by atoms with Crippen molar-refractivity contribution in [3.63, 3.8) is 0 Å². The molecule has 1 nitrogen and oxygen atoms in total. The summed E-state index contributed by atoms with van der Waals surface area (Å²) in [6.45, 7) is 0. The van der Waals surface area contributed by atoms with Gasteiger partial charge in [0.1, 0.15) is 0 Å². The van der Waals surface area contributed by atoms with Gasteiger partial charge in [-0.25, -0.2) is 0 Å². The number of hydrogen-bond acceptors (Lipinski definition) is 1. The van der Waals surface area contributed by atoms with Gasteiger partial charge in [-0.3, -0.25) is 0 Å². The van der Waals surface area contributed by atoms with Crippen molar-refractivity contribution in [2.24, 2.45) is 0 Å². The molecule has 4 heavy (non-hydrogen) atoms. The van der Waals surface area contributed by atoms with E-state index < -0.39 is 0 Å². The average Bonchev–Trinajstić information content (AvgIpc) is 1.00. The molecular formula is HCuMnNaO. The maximum absolute atomic E-state index is 7.81. The molecule has 0 saturated carbocycles. The second-order valence-corrected chi connectivity index (χ2v) is 0. The Labute approximate surface area is 67.2 Å². The molecule has 0 aliphatic carbocycles. The molecular weight excluding hydrogens is 157 g/mol. The monoisotopic (exact) mass is 158 g/mol. The molecule has 0 fully saturated rings. The van der Waals surface area contributed by atoms with Crippen molar-refractivity contribution in [2.45, 2.75) is 0 Å². The first-order valence-electron chi connectivity index (χ1n) is 0.123. The van der Waals surface area contributed by atoms with E-state index in [-0.39, 0.29) is 48.1 Å². The van der Waals surface area contributed by atoms with Crippen LogP contribution in [-0.2, 0) is 36.8 Å². The van der Waals surface area contributed by atoms with Crippen LogP contribution in [0.5, 0.6) is 0 Å². The molecule has 0 spiro atoms. The third-order valence-corrected chi connectivity index (χ3v) is 0. The molecule has 1 radical (unpaired) electrons. The Kier molecular flexibility index (Phi) is 89.4. The van der Waals surface area contributed by atoms with Gasteiger partial charge in [-0.05, 0) is 0 Å². The average molecular weight is 158 g/mol. The molecule has 0 amide bonds. The van der Waals surface area contributed by atoms with Gasteiger partial charge in [-0.15, -0.1) is 0 Å². The number of rotatable bonds is 0. The van der Waals surface area contributed by atoms with Crippen molar-refractivity contribution in [3.8, 4) is 0 Å². The van der Waals surface area contributed by atoms with E-state index in [1.54, 1.807) is 0 Å². The maximum atomic E-state index is 7.81. The van der Waals surface area contributed by atoms with Gasteiger partial charge in [-0.2, -0.15) is 0 Å². The standard InChI is InChI=1S/Cu.Mn.Na.O.H/q;;+1;;-1. The van der Waals surface area contributed by atoms with Crippen LogP contribution in [0.25, 0.3) is 0 Å². The summed E-state index contributed by atoms with van der Waals surface area (Å²) in [7, 11) is 0. The van der Waals surface area contributed by atoms with Crippen molar-refractivity contribution in [3.05, 3.63) is 0 Å². The summed E-state index contributed by atoms with van der Waals surface area (Å²) >= 11 is 2.94. The predicted molar refractivity (Wildman–Crippen MR) is 1.80 cm³/mol. The molecule has 0 atom stereocenters. The van der Waals surface area contributed by atoms with Gasteiger partial charge in [0.2, 0.25) is 0 Å². The summed E-state index contributed by atoms with van der Waals surface area (Å²) < 4.78 is 7.81. The summed E-state index contributed by atoms with van der Waals surface area (Å²) in [5.74, 6) is 0. The van der Waals surface area contributed by atoms with Crippen LogP contribution in [-0.4, -0.2) is 0 Å². The molecule has 0 aromatic heterocycles. The zero-order valence-electron chi connectivity index (χ0n) is 3.09. The van der Waals surface area contributed by atoms with E-state index in [9.17, 15) is 0 Å². The van der Waals surface area contributed by atoms with Gasteiger partial charge in [0.05, 0.1) is 0 Å². The van der Waals surface area contributed by atoms with Gasteiger partial charge in [0, 0.05) is 17.1 Å². The second kappa shape index (κ2) is 21.1. The van der Waals surface area contributed by atoms with E-state index >= 15 is 0 Å². The zero-order chi connectivity index (χ0) is 2.00. The Hall–Kier alpha value is 1.84. The van der Waals surface area contributed by atoms with E-state index in [4.69, 9.17) is 3.83 Å². The molecule has 0 aliphatic rings. The van der Waals surface area contributed by atoms with E-state index in [0.29, 0.717) is 0 Å². The molecule has 0 unspecified atom stereocenters. The molecule has 0 aromatic rings. The molecule has 4 heteroatoms. The van der Waals surface area contributed by atoms with Gasteiger partial charge in [0.15, 0.2) is 0 Å². The van der Waals surface area contributed by atoms with Crippen LogP contribution in [0.1, 0.15) is 1.43 Å². The molecule has 0 bridgehead atoms. The first kappa shape index (κ1) is 17.0. The Morgan fingerprint density at radius 2 is 1.50 bits per heavy atom. The molecule has 26 valence electrons. The molecule has 0 N–H and O–H groups in total. The number of hydrogen-bond donors (Lipinski definition) is 0. The quantitative estimate of drug-likeness (QED) is 0.343. The fraction of sp³-hybridized carbons (Fsp3) is 0. The SMILES string of the molecule is [H-].[Mn].[Na+].[O]=[Cu]. The van der Waals surface area contributed by atoms with Gasteiger partial charge < -0.3 is 1.43 Å². The van der Waals surface area contributed by atoms with Crippen LogP contribution >= 0.6 is 0 Å². The van der Waals surface area contributed by atoms with Crippen molar-refractivity contribution >= 4 is 0 Å². The third-order valence-electron chi connectivity index (χ3n) is 0. The molecule has 0 rings (SSSR count). The molecule has 0 aromatic carbocycles. The third kappa shape index (κ3) is 9.15. The Balaban J connectivity index is -0.00000000167. The minimum absolute atomic E-state index is 0. The Morgan fingerprint density at radius 3 is 1.50 bits per heavy atom. The van der Waals surface area contributed by atoms with E-state index in [2.05, 4.69) is 15.9 Å². The van der Waals surface area contributed by atoms with Crippen LogP contribution in [0.4, 0.5) is 0 Å². The molecule has 0 aliphatic heterocycles. The first-order valence-corrected chi connectivity index (χ1v) is 0.508. The fourth-order valence-electron chi connectivity index (χ4n) is 0. The van der Waals surface area contributed by atoms with Crippen LogP contribution in [0.15, 0.2) is 0 Å². The zero-order valence-corrected chi connectivity index (χ0v) is 6.21. The van der Waals surface area contributed by atoms with Crippen LogP contribution < -0.4 is 29.6 Å². The normalized spacial score (nSPS) is 1.50. The van der Waals surface area contributed by atoms with E-state index in [0.717, 1.165) is 0 Å². The van der Waals surface area contributed by atoms with E-state index in [1.807, 2.05) is 0 Å². The van der Waals surface area contributed by atoms with Gasteiger partial charge in [-0.1, -0.05) is 0 Å². The summed E-state index contributed by atoms with van der Waals surface area (Å²) in [6, 6.07) is 0. The summed E-state index contributed by atoms with van der Waals surface area (Å²) in [6.07, 6.45) is 0. The fourth-order valence-corrected chi connectivity index (χ4v) is 0. The van der Waals surface area contributed by atoms with Crippen molar-refractivity contribution in [2.75, 3.05) is 0 Å². The van der Waals surface area contributed by atoms with Crippen molar-refractivity contribution in [1.29, 1.82) is 0 Å². The van der Waals surface area contributed by atoms with Crippen LogP contribution in [0, 0.1) is 0 Å². The molecule has 0 saturated heterocycles. The summed E-state index contributed by atoms with van der Waals surface area (Å²) in [4.78, 5) is 0. The van der Waals surface area contributed by atoms with Gasteiger partial charge >= 0.3 is 49.3 Å². The Morgan fingerprint density at radius 1 is 1.50 bits per heavy atom. The minimum atomic E-state index is 0. The van der Waals surface area contributed by atoms with Gasteiger partial charge in [0.25, 0.3) is 0 Å². The molecule has 0 heterocycles. The summed E-state index contributed by atoms with van der Waals surface area (Å²) in [5, 5.41) is 0. The van der Waals surface area contributed by atoms with E-state index in [1.165, 1.54) is 0 Å². The predicted octanol–water partition coefficient (Wildman–Crippen LogP) is -3.01. The van der Waals surface area contributed by atoms with Crippen LogP contribution in [0.3, 0.4) is 0 Å². The Bertz CT molecular complexity index is 11.6. The van der Waals surface area contributed by atoms with Crippen molar-refractivity contribution < 1.29 is 67.8 Å². The van der Waals surface area contributed by atoms with Crippen molar-refractivity contribution in [1.82, 2.24) is 0 Å². The second-order valence-electron chi connectivity index (χ2n) is 0. The summed E-state index contributed by atoms with van der Waals surface area (Å²) in [5.41, 5.74) is 0.